The van der Waals surface area contributed by atoms with Gasteiger partial charge in [0.25, 0.3) is 0 Å². The summed E-state index contributed by atoms with van der Waals surface area (Å²) in [4.78, 5) is 25.5. The molecule has 0 aromatic heterocycles. The van der Waals surface area contributed by atoms with Crippen LogP contribution in [0, 0.1) is 5.92 Å². The lowest BCUT2D eigenvalue weighted by Gasteiger charge is -2.28. The Bertz CT molecular complexity index is 470. The van der Waals surface area contributed by atoms with Crippen molar-refractivity contribution in [3.8, 4) is 0 Å². The highest BCUT2D eigenvalue weighted by molar-refractivity contribution is 5.95. The summed E-state index contributed by atoms with van der Waals surface area (Å²) in [5.74, 6) is -1.32. The standard InChI is InChI=1S/C15H25NO8/c1-7(8(2)17)13(18)16-14-12(24-15(16)19)11(22-5)10(23-14)9(21-4)6-20-3/h7-12,14,17H,6H2,1-5H3/t7-,8+,9+,10+,11-,12+,14-/m0/s1. The molecule has 0 aromatic carbocycles. The topological polar surface area (TPSA) is 104 Å². The highest BCUT2D eigenvalue weighted by Gasteiger charge is 2.60. The number of hydrogen-bond acceptors (Lipinski definition) is 8. The molecule has 138 valence electrons. The number of carbonyl (C=O) groups excluding carboxylic acids is 2. The molecule has 0 aliphatic carbocycles. The summed E-state index contributed by atoms with van der Waals surface area (Å²) in [6.45, 7) is 3.28. The Balaban J connectivity index is 2.22. The van der Waals surface area contributed by atoms with E-state index in [0.717, 1.165) is 4.90 Å². The molecule has 0 bridgehead atoms. The zero-order valence-electron chi connectivity index (χ0n) is 14.5. The first-order valence-corrected chi connectivity index (χ1v) is 7.79. The third kappa shape index (κ3) is 3.27. The van der Waals surface area contributed by atoms with Crippen LogP contribution in [0.2, 0.25) is 0 Å². The van der Waals surface area contributed by atoms with Crippen molar-refractivity contribution in [3.05, 3.63) is 0 Å². The summed E-state index contributed by atoms with van der Waals surface area (Å²) < 4.78 is 27.1. The van der Waals surface area contributed by atoms with E-state index in [9.17, 15) is 14.7 Å². The van der Waals surface area contributed by atoms with E-state index < -0.39 is 54.7 Å². The van der Waals surface area contributed by atoms with E-state index in [1.54, 1.807) is 0 Å². The molecule has 2 aliphatic rings. The third-order valence-corrected chi connectivity index (χ3v) is 4.54. The summed E-state index contributed by atoms with van der Waals surface area (Å²) >= 11 is 0. The van der Waals surface area contributed by atoms with Crippen LogP contribution in [0.3, 0.4) is 0 Å². The summed E-state index contributed by atoms with van der Waals surface area (Å²) in [5.41, 5.74) is 0. The molecule has 2 heterocycles. The fourth-order valence-electron chi connectivity index (χ4n) is 2.95. The van der Waals surface area contributed by atoms with Crippen LogP contribution in [0.25, 0.3) is 0 Å². The van der Waals surface area contributed by atoms with Crippen molar-refractivity contribution in [2.24, 2.45) is 5.92 Å². The molecule has 9 heteroatoms. The average Bonchev–Trinajstić information content (AvgIpc) is 3.04. The SMILES string of the molecule is COC[C@@H](OC)[C@H]1O[C@H]2[C@H](OC(=O)N2C(=O)[C@@H](C)[C@@H](C)O)[C@H]1OC. The van der Waals surface area contributed by atoms with Crippen molar-refractivity contribution in [1.29, 1.82) is 0 Å². The Kier molecular flexibility index (Phi) is 6.16. The summed E-state index contributed by atoms with van der Waals surface area (Å²) in [7, 11) is 4.52. The molecule has 0 spiro atoms. The molecule has 2 aliphatic heterocycles. The largest absolute Gasteiger partial charge is 0.438 e. The first-order chi connectivity index (χ1) is 11.4. The van der Waals surface area contributed by atoms with Crippen molar-refractivity contribution in [2.45, 2.75) is 50.6 Å². The van der Waals surface area contributed by atoms with Crippen LogP contribution in [0.1, 0.15) is 13.8 Å². The molecule has 0 unspecified atom stereocenters. The number of fused-ring (bicyclic) bond motifs is 1. The second-order valence-corrected chi connectivity index (χ2v) is 6.01. The number of amides is 2. The molecule has 2 rings (SSSR count). The van der Waals surface area contributed by atoms with Gasteiger partial charge in [-0.1, -0.05) is 6.92 Å². The van der Waals surface area contributed by atoms with E-state index in [2.05, 4.69) is 0 Å². The Morgan fingerprint density at radius 3 is 2.50 bits per heavy atom. The number of hydrogen-bond donors (Lipinski definition) is 1. The monoisotopic (exact) mass is 347 g/mol. The molecule has 0 aromatic rings. The second-order valence-electron chi connectivity index (χ2n) is 6.01. The van der Waals surface area contributed by atoms with Crippen LogP contribution in [-0.4, -0.2) is 86.7 Å². The van der Waals surface area contributed by atoms with E-state index in [1.807, 2.05) is 0 Å². The molecule has 24 heavy (non-hydrogen) atoms. The first kappa shape index (κ1) is 19.1. The van der Waals surface area contributed by atoms with Crippen molar-refractivity contribution < 1.29 is 38.4 Å². The van der Waals surface area contributed by atoms with Gasteiger partial charge < -0.3 is 28.8 Å². The number of nitrogens with zero attached hydrogens (tertiary/aromatic N) is 1. The van der Waals surface area contributed by atoms with Crippen LogP contribution >= 0.6 is 0 Å². The maximum atomic E-state index is 12.5. The molecule has 2 amide bonds. The Labute approximate surface area is 140 Å². The maximum absolute atomic E-state index is 12.5. The fraction of sp³-hybridized carbons (Fsp3) is 0.867. The minimum atomic E-state index is -0.921. The molecule has 2 fully saturated rings. The zero-order chi connectivity index (χ0) is 18.0. The molecular formula is C15H25NO8. The number of rotatable bonds is 7. The van der Waals surface area contributed by atoms with E-state index in [0.29, 0.717) is 0 Å². The van der Waals surface area contributed by atoms with Gasteiger partial charge >= 0.3 is 6.09 Å². The van der Waals surface area contributed by atoms with Crippen LogP contribution in [-0.2, 0) is 28.5 Å². The average molecular weight is 347 g/mol. The van der Waals surface area contributed by atoms with E-state index in [-0.39, 0.29) is 6.61 Å². The fourth-order valence-corrected chi connectivity index (χ4v) is 2.95. The van der Waals surface area contributed by atoms with Crippen LogP contribution in [0.4, 0.5) is 4.79 Å². The van der Waals surface area contributed by atoms with Crippen molar-refractivity contribution in [2.75, 3.05) is 27.9 Å². The smallest absolute Gasteiger partial charge is 0.419 e. The summed E-state index contributed by atoms with van der Waals surface area (Å²) in [5, 5.41) is 9.62. The lowest BCUT2D eigenvalue weighted by molar-refractivity contribution is -0.152. The molecular weight excluding hydrogens is 322 g/mol. The van der Waals surface area contributed by atoms with Crippen molar-refractivity contribution in [1.82, 2.24) is 4.90 Å². The van der Waals surface area contributed by atoms with Crippen molar-refractivity contribution >= 4 is 12.0 Å². The third-order valence-electron chi connectivity index (χ3n) is 4.54. The van der Waals surface area contributed by atoms with Gasteiger partial charge in [0.1, 0.15) is 18.3 Å². The van der Waals surface area contributed by atoms with Crippen LogP contribution in [0.15, 0.2) is 0 Å². The van der Waals surface area contributed by atoms with Gasteiger partial charge in [0.2, 0.25) is 5.91 Å². The molecule has 1 N–H and O–H groups in total. The number of imide groups is 1. The van der Waals surface area contributed by atoms with Gasteiger partial charge in [-0.25, -0.2) is 9.69 Å². The molecule has 0 radical (unpaired) electrons. The Hall–Kier alpha value is -1.26. The molecule has 7 atom stereocenters. The summed E-state index contributed by atoms with van der Waals surface area (Å²) in [6.07, 6.45) is -5.00. The van der Waals surface area contributed by atoms with Gasteiger partial charge in [0, 0.05) is 21.3 Å². The maximum Gasteiger partial charge on any atom is 0.419 e. The molecule has 0 saturated carbocycles. The Morgan fingerprint density at radius 2 is 2.00 bits per heavy atom. The predicted molar refractivity (Wildman–Crippen MR) is 80.1 cm³/mol. The Morgan fingerprint density at radius 1 is 1.33 bits per heavy atom. The minimum Gasteiger partial charge on any atom is -0.438 e. The minimum absolute atomic E-state index is 0.256. The van der Waals surface area contributed by atoms with Crippen molar-refractivity contribution in [3.63, 3.8) is 0 Å². The molecule has 2 saturated heterocycles. The van der Waals surface area contributed by atoms with E-state index in [4.69, 9.17) is 23.7 Å². The quantitative estimate of drug-likeness (QED) is 0.672. The van der Waals surface area contributed by atoms with Gasteiger partial charge in [0.15, 0.2) is 12.3 Å². The second kappa shape index (κ2) is 7.75. The van der Waals surface area contributed by atoms with Crippen LogP contribution in [0.5, 0.6) is 0 Å². The number of carbonyl (C=O) groups is 2. The number of aliphatic hydroxyl groups excluding tert-OH is 1. The lowest BCUT2D eigenvalue weighted by Crippen LogP contribution is -2.46. The van der Waals surface area contributed by atoms with Gasteiger partial charge in [-0.15, -0.1) is 0 Å². The van der Waals surface area contributed by atoms with E-state index in [1.165, 1.54) is 35.2 Å². The van der Waals surface area contributed by atoms with Gasteiger partial charge in [-0.2, -0.15) is 0 Å². The highest BCUT2D eigenvalue weighted by Crippen LogP contribution is 2.37. The highest BCUT2D eigenvalue weighted by atomic mass is 16.7. The normalized spacial score (nSPS) is 33.1. The van der Waals surface area contributed by atoms with Crippen LogP contribution < -0.4 is 0 Å². The zero-order valence-corrected chi connectivity index (χ0v) is 14.5. The van der Waals surface area contributed by atoms with Gasteiger partial charge in [-0.05, 0) is 6.92 Å². The number of aliphatic hydroxyl groups is 1. The summed E-state index contributed by atoms with van der Waals surface area (Å²) in [6, 6.07) is 0. The number of methoxy groups -OCH3 is 3. The lowest BCUT2D eigenvalue weighted by atomic mass is 10.0. The first-order valence-electron chi connectivity index (χ1n) is 7.79. The molecule has 9 nitrogen and oxygen atoms in total. The van der Waals surface area contributed by atoms with E-state index >= 15 is 0 Å². The number of ether oxygens (including phenoxy) is 5. The predicted octanol–water partition coefficient (Wildman–Crippen LogP) is -0.248. The van der Waals surface area contributed by atoms with Gasteiger partial charge in [-0.3, -0.25) is 4.79 Å². The van der Waals surface area contributed by atoms with Gasteiger partial charge in [0.05, 0.1) is 18.6 Å².